The van der Waals surface area contributed by atoms with Crippen LogP contribution in [-0.4, -0.2) is 85.6 Å². The fourth-order valence-corrected chi connectivity index (χ4v) is 4.67. The number of aliphatic hydroxyl groups is 1. The number of nitrogens with two attached hydrogens (primary N) is 1. The Bertz CT molecular complexity index is 1450. The third-order valence-electron chi connectivity index (χ3n) is 7.03. The van der Waals surface area contributed by atoms with Gasteiger partial charge in [-0.3, -0.25) is 9.59 Å². The molecule has 0 spiro atoms. The number of anilines is 1. The van der Waals surface area contributed by atoms with E-state index in [0.29, 0.717) is 40.3 Å². The summed E-state index contributed by atoms with van der Waals surface area (Å²) in [5.74, 6) is -1.98. The highest BCUT2D eigenvalue weighted by Gasteiger charge is 2.58. The Morgan fingerprint density at radius 3 is 2.56 bits per heavy atom. The van der Waals surface area contributed by atoms with E-state index >= 15 is 0 Å². The molecule has 39 heavy (non-hydrogen) atoms. The van der Waals surface area contributed by atoms with Gasteiger partial charge in [-0.1, -0.05) is 0 Å². The van der Waals surface area contributed by atoms with Crippen molar-refractivity contribution in [2.24, 2.45) is 0 Å². The van der Waals surface area contributed by atoms with E-state index in [2.05, 4.69) is 20.4 Å². The number of rotatable bonds is 6. The van der Waals surface area contributed by atoms with Crippen molar-refractivity contribution in [1.82, 2.24) is 29.8 Å². The van der Waals surface area contributed by atoms with Crippen LogP contribution >= 0.6 is 0 Å². The van der Waals surface area contributed by atoms with Gasteiger partial charge in [-0.05, 0) is 43.4 Å². The molecule has 5 rings (SSSR count). The Balaban J connectivity index is 1.42. The van der Waals surface area contributed by atoms with E-state index in [1.165, 1.54) is 25.7 Å². The number of alkyl halides is 4. The van der Waals surface area contributed by atoms with Crippen LogP contribution in [0.15, 0.2) is 24.7 Å². The average molecular weight is 552 g/mol. The number of pyridine rings is 1. The number of nitrogens with one attached hydrogen (secondary N) is 1. The molecule has 0 bridgehead atoms. The van der Waals surface area contributed by atoms with Crippen LogP contribution in [0.2, 0.25) is 0 Å². The van der Waals surface area contributed by atoms with Crippen LogP contribution in [0.3, 0.4) is 0 Å². The Hall–Kier alpha value is -4.01. The Morgan fingerprint density at radius 2 is 1.92 bits per heavy atom. The van der Waals surface area contributed by atoms with Crippen molar-refractivity contribution in [3.63, 3.8) is 0 Å². The van der Waals surface area contributed by atoms with Gasteiger partial charge < -0.3 is 25.8 Å². The Morgan fingerprint density at radius 1 is 1.21 bits per heavy atom. The van der Waals surface area contributed by atoms with Crippen molar-refractivity contribution in [2.75, 3.05) is 25.9 Å². The highest BCUT2D eigenvalue weighted by molar-refractivity contribution is 5.98. The fraction of sp³-hybridized carbons (Fsp3) is 0.458. The molecule has 11 nitrogen and oxygen atoms in total. The van der Waals surface area contributed by atoms with Crippen LogP contribution in [0.25, 0.3) is 16.8 Å². The number of hydrogen-bond donors (Lipinski definition) is 3. The Labute approximate surface area is 219 Å². The number of nitrogen functional groups attached to an aromatic ring is 1. The van der Waals surface area contributed by atoms with E-state index in [1.54, 1.807) is 4.52 Å². The molecule has 15 heteroatoms. The summed E-state index contributed by atoms with van der Waals surface area (Å²) in [6.07, 6.45) is -2.37. The molecule has 1 aliphatic heterocycles. The first kappa shape index (κ1) is 26.6. The minimum Gasteiger partial charge on any atom is -0.480 e. The Kier molecular flexibility index (Phi) is 6.36. The first-order valence-electron chi connectivity index (χ1n) is 12.0. The molecule has 2 fully saturated rings. The summed E-state index contributed by atoms with van der Waals surface area (Å²) in [6.45, 7) is -1.00. The number of methoxy groups -OCH3 is 1. The number of fused-ring (bicyclic) bond motifs is 1. The number of carbonyl (C=O) groups is 2. The summed E-state index contributed by atoms with van der Waals surface area (Å²) < 4.78 is 60.8. The molecule has 1 saturated heterocycles. The minimum atomic E-state index is -5.26. The van der Waals surface area contributed by atoms with Crippen LogP contribution in [0, 0.1) is 0 Å². The lowest BCUT2D eigenvalue weighted by atomic mass is 10.1. The number of ether oxygens (including phenoxy) is 1. The van der Waals surface area contributed by atoms with Crippen LogP contribution in [0.1, 0.15) is 41.6 Å². The van der Waals surface area contributed by atoms with Gasteiger partial charge in [0, 0.05) is 18.3 Å². The molecule has 4 heterocycles. The van der Waals surface area contributed by atoms with Gasteiger partial charge in [-0.25, -0.2) is 18.9 Å². The minimum absolute atomic E-state index is 0.0702. The smallest absolute Gasteiger partial charge is 0.426 e. The van der Waals surface area contributed by atoms with Gasteiger partial charge in [-0.15, -0.1) is 0 Å². The van der Waals surface area contributed by atoms with E-state index in [0.717, 1.165) is 18.4 Å². The second kappa shape index (κ2) is 9.32. The zero-order valence-electron chi connectivity index (χ0n) is 20.9. The first-order valence-corrected chi connectivity index (χ1v) is 12.0. The van der Waals surface area contributed by atoms with Crippen molar-refractivity contribution in [3.8, 4) is 17.1 Å². The predicted octanol–water partition coefficient (Wildman–Crippen LogP) is 1.85. The fourth-order valence-electron chi connectivity index (χ4n) is 4.67. The molecule has 3 aromatic heterocycles. The standard InChI is InChI=1S/C24H25F4N7O4/c1-23(38,24(26,27)28)22(37)34-8-15(25)16(9-34)33-20(36)14-5-12(7-30-21(14)39-2)17-6-13(11-3-4-11)18-19(29)31-10-32-35(17)18/h5-7,10-11,15-16,38H,3-4,8-9H2,1-2H3,(H,33,36)(H2,29,31,32)/t15-,16+,23?/m0/s1. The molecule has 1 unspecified atom stereocenters. The molecule has 1 saturated carbocycles. The summed E-state index contributed by atoms with van der Waals surface area (Å²) in [5.41, 5.74) is 5.03. The summed E-state index contributed by atoms with van der Waals surface area (Å²) in [6, 6.07) is 2.03. The van der Waals surface area contributed by atoms with Crippen molar-refractivity contribution in [1.29, 1.82) is 0 Å². The highest BCUT2D eigenvalue weighted by Crippen LogP contribution is 2.45. The summed E-state index contributed by atoms with van der Waals surface area (Å²) in [5, 5.41) is 16.4. The predicted molar refractivity (Wildman–Crippen MR) is 129 cm³/mol. The lowest BCUT2D eigenvalue weighted by Crippen LogP contribution is -2.56. The van der Waals surface area contributed by atoms with E-state index in [1.807, 2.05) is 6.07 Å². The lowest BCUT2D eigenvalue weighted by molar-refractivity contribution is -0.249. The number of halogens is 4. The number of carbonyl (C=O) groups excluding carboxylic acids is 2. The molecule has 2 amide bonds. The van der Waals surface area contributed by atoms with Gasteiger partial charge in [0.15, 0.2) is 5.82 Å². The SMILES string of the molecule is COc1ncc(-c2cc(C3CC3)c3c(N)ncnn23)cc1C(=O)N[C@@H]1CN(C(=O)C(C)(O)C(F)(F)F)C[C@@H]1F. The molecule has 3 atom stereocenters. The first-order chi connectivity index (χ1) is 18.3. The summed E-state index contributed by atoms with van der Waals surface area (Å²) >= 11 is 0. The maximum absolute atomic E-state index is 14.7. The summed E-state index contributed by atoms with van der Waals surface area (Å²) in [7, 11) is 1.29. The molecule has 4 N–H and O–H groups in total. The van der Waals surface area contributed by atoms with Crippen LogP contribution in [0.4, 0.5) is 23.4 Å². The van der Waals surface area contributed by atoms with Crippen LogP contribution < -0.4 is 15.8 Å². The van der Waals surface area contributed by atoms with Gasteiger partial charge in [0.25, 0.3) is 11.8 Å². The molecule has 0 radical (unpaired) electrons. The average Bonchev–Trinajstić information content (AvgIpc) is 3.56. The van der Waals surface area contributed by atoms with Crippen LogP contribution in [-0.2, 0) is 4.79 Å². The number of nitrogens with zero attached hydrogens (tertiary/aromatic N) is 5. The van der Waals surface area contributed by atoms with Crippen molar-refractivity contribution >= 4 is 23.1 Å². The van der Waals surface area contributed by atoms with Crippen molar-refractivity contribution < 1.29 is 37.0 Å². The topological polar surface area (TPSA) is 148 Å². The van der Waals surface area contributed by atoms with Gasteiger partial charge in [-0.2, -0.15) is 18.3 Å². The third-order valence-corrected chi connectivity index (χ3v) is 7.03. The number of aromatic nitrogens is 4. The second-order valence-corrected chi connectivity index (χ2v) is 9.82. The highest BCUT2D eigenvalue weighted by atomic mass is 19.4. The number of amides is 2. The lowest BCUT2D eigenvalue weighted by Gasteiger charge is -2.29. The monoisotopic (exact) mass is 551 g/mol. The normalized spacial score (nSPS) is 21.2. The molecular formula is C24H25F4N7O4. The van der Waals surface area contributed by atoms with E-state index < -0.39 is 48.9 Å². The van der Waals surface area contributed by atoms with Crippen molar-refractivity contribution in [2.45, 2.75) is 49.7 Å². The molecule has 1 aliphatic carbocycles. The zero-order valence-corrected chi connectivity index (χ0v) is 20.9. The maximum Gasteiger partial charge on any atom is 0.426 e. The van der Waals surface area contributed by atoms with E-state index in [9.17, 15) is 32.3 Å². The van der Waals surface area contributed by atoms with Gasteiger partial charge in [0.05, 0.1) is 25.4 Å². The van der Waals surface area contributed by atoms with Gasteiger partial charge >= 0.3 is 6.18 Å². The molecule has 3 aromatic rings. The maximum atomic E-state index is 14.7. The number of hydrogen-bond acceptors (Lipinski definition) is 8. The van der Waals surface area contributed by atoms with E-state index in [-0.39, 0.29) is 11.4 Å². The molecule has 2 aliphatic rings. The largest absolute Gasteiger partial charge is 0.480 e. The van der Waals surface area contributed by atoms with Crippen molar-refractivity contribution in [3.05, 3.63) is 35.8 Å². The number of likely N-dealkylation sites (tertiary alicyclic amines) is 1. The molecular weight excluding hydrogens is 526 g/mol. The molecule has 208 valence electrons. The summed E-state index contributed by atoms with van der Waals surface area (Å²) in [4.78, 5) is 34.3. The zero-order chi connectivity index (χ0) is 28.3. The van der Waals surface area contributed by atoms with Crippen LogP contribution in [0.5, 0.6) is 5.88 Å². The van der Waals surface area contributed by atoms with Gasteiger partial charge in [0.2, 0.25) is 11.5 Å². The van der Waals surface area contributed by atoms with E-state index in [4.69, 9.17) is 10.5 Å². The third kappa shape index (κ3) is 4.60. The molecule has 0 aromatic carbocycles. The quantitative estimate of drug-likeness (QED) is 0.393. The second-order valence-electron chi connectivity index (χ2n) is 9.82. The van der Waals surface area contributed by atoms with Gasteiger partial charge in [0.1, 0.15) is 23.6 Å².